The number of aliphatic carboxylic acids is 1. The van der Waals surface area contributed by atoms with Crippen molar-refractivity contribution in [3.05, 3.63) is 0 Å². The van der Waals surface area contributed by atoms with Gasteiger partial charge < -0.3 is 28.6 Å². The number of quaternary nitrogens is 1. The Morgan fingerprint density at radius 2 is 1.05 bits per heavy atom. The molecule has 0 fully saturated rings. The van der Waals surface area contributed by atoms with Gasteiger partial charge in [-0.2, -0.15) is 0 Å². The minimum absolute atomic E-state index is 0.0467. The van der Waals surface area contributed by atoms with Gasteiger partial charge in [-0.3, -0.25) is 9.59 Å². The van der Waals surface area contributed by atoms with Gasteiger partial charge in [0.1, 0.15) is 12.6 Å². The molecule has 0 amide bonds. The van der Waals surface area contributed by atoms with Crippen LogP contribution in [0, 0.1) is 0 Å². The Morgan fingerprint density at radius 3 is 1.48 bits per heavy atom. The third-order valence-corrected chi connectivity index (χ3v) is 7.74. The Balaban J connectivity index is 4.37. The molecular weight excluding hydrogens is 534 g/mol. The molecule has 2 atom stereocenters. The summed E-state index contributed by atoms with van der Waals surface area (Å²) in [4.78, 5) is 36.2. The molecule has 0 aliphatic heterocycles. The Kier molecular flexibility index (Phi) is 25.8. The molecule has 2 unspecified atom stereocenters. The van der Waals surface area contributed by atoms with Gasteiger partial charge in [-0.25, -0.2) is 0 Å². The molecule has 0 heterocycles. The van der Waals surface area contributed by atoms with Crippen molar-refractivity contribution in [2.45, 2.75) is 161 Å². The average molecular weight is 600 g/mol. The number of carboxylic acid groups (broad SMARTS) is 1. The lowest BCUT2D eigenvalue weighted by Crippen LogP contribution is -2.55. The first-order valence-corrected chi connectivity index (χ1v) is 17.1. The van der Waals surface area contributed by atoms with Crippen LogP contribution in [-0.2, 0) is 28.6 Å². The second kappa shape index (κ2) is 26.9. The van der Waals surface area contributed by atoms with Crippen molar-refractivity contribution in [1.82, 2.24) is 0 Å². The van der Waals surface area contributed by atoms with E-state index in [9.17, 15) is 19.5 Å². The number of esters is 2. The van der Waals surface area contributed by atoms with E-state index in [1.165, 1.54) is 64.2 Å². The summed E-state index contributed by atoms with van der Waals surface area (Å²) in [7, 11) is 5.38. The summed E-state index contributed by atoms with van der Waals surface area (Å²) in [6.07, 6.45) is 21.5. The second-order valence-electron chi connectivity index (χ2n) is 12.8. The third kappa shape index (κ3) is 24.9. The van der Waals surface area contributed by atoms with Crippen LogP contribution in [0.15, 0.2) is 0 Å². The summed E-state index contributed by atoms with van der Waals surface area (Å²) in [5, 5.41) is 11.5. The van der Waals surface area contributed by atoms with Crippen molar-refractivity contribution in [2.75, 3.05) is 41.0 Å². The van der Waals surface area contributed by atoms with E-state index in [4.69, 9.17) is 14.2 Å². The first-order chi connectivity index (χ1) is 20.1. The van der Waals surface area contributed by atoms with Gasteiger partial charge >= 0.3 is 11.9 Å². The van der Waals surface area contributed by atoms with Crippen molar-refractivity contribution in [3.8, 4) is 0 Å². The Labute approximate surface area is 257 Å². The number of ether oxygens (including phenoxy) is 3. The number of likely N-dealkylation sites (N-methyl/N-ethyl adjacent to an activating group) is 1. The molecule has 0 saturated carbocycles. The molecule has 0 aromatic carbocycles. The van der Waals surface area contributed by atoms with Gasteiger partial charge in [-0.15, -0.1) is 0 Å². The summed E-state index contributed by atoms with van der Waals surface area (Å²) >= 11 is 0. The minimum atomic E-state index is -1.13. The van der Waals surface area contributed by atoms with Crippen molar-refractivity contribution in [2.24, 2.45) is 0 Å². The maximum atomic E-state index is 12.5. The summed E-state index contributed by atoms with van der Waals surface area (Å²) in [6.45, 7) is 4.56. The highest BCUT2D eigenvalue weighted by Gasteiger charge is 2.25. The van der Waals surface area contributed by atoms with E-state index < -0.39 is 18.1 Å². The number of carbonyl (C=O) groups excluding carboxylic acids is 3. The quantitative estimate of drug-likeness (QED) is 0.0527. The van der Waals surface area contributed by atoms with E-state index in [0.717, 1.165) is 51.4 Å². The van der Waals surface area contributed by atoms with Crippen LogP contribution in [0.2, 0.25) is 0 Å². The fourth-order valence-electron chi connectivity index (χ4n) is 5.01. The largest absolute Gasteiger partial charge is 0.544 e. The first-order valence-electron chi connectivity index (χ1n) is 17.1. The van der Waals surface area contributed by atoms with E-state index in [0.29, 0.717) is 12.8 Å². The maximum Gasteiger partial charge on any atom is 0.306 e. The van der Waals surface area contributed by atoms with E-state index in [-0.39, 0.29) is 42.7 Å². The van der Waals surface area contributed by atoms with Crippen molar-refractivity contribution < 1.29 is 38.2 Å². The van der Waals surface area contributed by atoms with Gasteiger partial charge in [0.25, 0.3) is 0 Å². The monoisotopic (exact) mass is 599 g/mol. The molecule has 0 aromatic heterocycles. The molecule has 0 aromatic rings. The smallest absolute Gasteiger partial charge is 0.306 e. The molecule has 0 radical (unpaired) electrons. The highest BCUT2D eigenvalue weighted by molar-refractivity contribution is 5.70. The molecule has 0 aliphatic carbocycles. The van der Waals surface area contributed by atoms with Gasteiger partial charge in [0.05, 0.1) is 40.3 Å². The highest BCUT2D eigenvalue weighted by Crippen LogP contribution is 2.14. The van der Waals surface area contributed by atoms with Crippen LogP contribution >= 0.6 is 0 Å². The molecule has 0 N–H and O–H groups in total. The predicted molar refractivity (Wildman–Crippen MR) is 167 cm³/mol. The van der Waals surface area contributed by atoms with E-state index in [1.807, 2.05) is 0 Å². The summed E-state index contributed by atoms with van der Waals surface area (Å²) in [6, 6.07) is -0.716. The number of hydrogen-bond donors (Lipinski definition) is 0. The van der Waals surface area contributed by atoms with Gasteiger partial charge in [0, 0.05) is 19.3 Å². The van der Waals surface area contributed by atoms with Gasteiger partial charge in [-0.1, -0.05) is 117 Å². The number of carbonyl (C=O) groups is 3. The number of carboxylic acids is 1. The standard InChI is InChI=1S/C34H65NO7/c1-6-8-10-12-13-14-15-16-17-18-19-21-23-25-33(37)42-30(29-41-32(36)24-22-20-11-9-7-2)28-40-27-26-31(34(38)39)35(3,4)5/h30-31H,6-29H2,1-5H3. The van der Waals surface area contributed by atoms with Crippen LogP contribution < -0.4 is 5.11 Å². The topological polar surface area (TPSA) is 102 Å². The fraction of sp³-hybridized carbons (Fsp3) is 0.912. The van der Waals surface area contributed by atoms with Crippen molar-refractivity contribution >= 4 is 17.9 Å². The van der Waals surface area contributed by atoms with E-state index in [2.05, 4.69) is 13.8 Å². The highest BCUT2D eigenvalue weighted by atomic mass is 16.6. The number of rotatable bonds is 30. The molecule has 42 heavy (non-hydrogen) atoms. The fourth-order valence-corrected chi connectivity index (χ4v) is 5.01. The first kappa shape index (κ1) is 40.3. The number of nitrogens with zero attached hydrogens (tertiary/aromatic N) is 1. The van der Waals surface area contributed by atoms with Gasteiger partial charge in [0.2, 0.25) is 0 Å². The SMILES string of the molecule is CCCCCCCCCCCCCCCC(=O)OC(COCCC(C(=O)[O-])[N+](C)(C)C)COC(=O)CCCCCCC. The van der Waals surface area contributed by atoms with E-state index >= 15 is 0 Å². The van der Waals surface area contributed by atoms with Crippen LogP contribution in [-0.4, -0.2) is 75.5 Å². The van der Waals surface area contributed by atoms with Crippen molar-refractivity contribution in [3.63, 3.8) is 0 Å². The molecule has 8 nitrogen and oxygen atoms in total. The normalized spacial score (nSPS) is 13.1. The zero-order valence-electron chi connectivity index (χ0n) is 27.9. The van der Waals surface area contributed by atoms with E-state index in [1.54, 1.807) is 21.1 Å². The lowest BCUT2D eigenvalue weighted by Gasteiger charge is -2.34. The lowest BCUT2D eigenvalue weighted by molar-refractivity contribution is -0.889. The zero-order valence-corrected chi connectivity index (χ0v) is 27.9. The number of hydrogen-bond acceptors (Lipinski definition) is 7. The predicted octanol–water partition coefficient (Wildman–Crippen LogP) is 6.51. The molecular formula is C34H65NO7. The van der Waals surface area contributed by atoms with Gasteiger partial charge in [0.15, 0.2) is 6.10 Å². The maximum absolute atomic E-state index is 12.5. The minimum Gasteiger partial charge on any atom is -0.544 e. The molecule has 8 heteroatoms. The van der Waals surface area contributed by atoms with Crippen LogP contribution in [0.4, 0.5) is 0 Å². The molecule has 0 rings (SSSR count). The molecule has 0 bridgehead atoms. The Morgan fingerprint density at radius 1 is 0.619 bits per heavy atom. The van der Waals surface area contributed by atoms with Crippen LogP contribution in [0.1, 0.15) is 149 Å². The summed E-state index contributed by atoms with van der Waals surface area (Å²) in [5.74, 6) is -1.74. The second-order valence-corrected chi connectivity index (χ2v) is 12.8. The van der Waals surface area contributed by atoms with Crippen molar-refractivity contribution in [1.29, 1.82) is 0 Å². The molecule has 0 spiro atoms. The van der Waals surface area contributed by atoms with Crippen LogP contribution in [0.5, 0.6) is 0 Å². The third-order valence-electron chi connectivity index (χ3n) is 7.74. The molecule has 0 aliphatic rings. The number of unbranched alkanes of at least 4 members (excludes halogenated alkanes) is 16. The Bertz CT molecular complexity index is 677. The van der Waals surface area contributed by atoms with Crippen LogP contribution in [0.25, 0.3) is 0 Å². The summed E-state index contributed by atoms with van der Waals surface area (Å²) < 4.78 is 16.9. The average Bonchev–Trinajstić information content (AvgIpc) is 2.92. The molecule has 0 saturated heterocycles. The summed E-state index contributed by atoms with van der Waals surface area (Å²) in [5.41, 5.74) is 0. The van der Waals surface area contributed by atoms with Gasteiger partial charge in [-0.05, 0) is 12.8 Å². The zero-order chi connectivity index (χ0) is 31.5. The molecule has 248 valence electrons. The lowest BCUT2D eigenvalue weighted by atomic mass is 10.0. The Hall–Kier alpha value is -1.67. The van der Waals surface area contributed by atoms with Crippen LogP contribution in [0.3, 0.4) is 0 Å².